The Kier molecular flexibility index (Phi) is 3.50. The molecule has 92 valence electrons. The van der Waals surface area contributed by atoms with Crippen molar-refractivity contribution in [1.29, 1.82) is 0 Å². The van der Waals surface area contributed by atoms with Gasteiger partial charge < -0.3 is 15.7 Å². The standard InChI is InChI=1S/C12H22N2O2/c1-14(7-11(13)12(15)16)6-10-5-8-2-3-9(10)4-8/h8-11H,2-7,13H2,1H3,(H,15,16). The van der Waals surface area contributed by atoms with E-state index in [0.29, 0.717) is 6.54 Å². The van der Waals surface area contributed by atoms with Crippen molar-refractivity contribution >= 4 is 5.97 Å². The van der Waals surface area contributed by atoms with Gasteiger partial charge in [-0.25, -0.2) is 0 Å². The first-order valence-electron chi connectivity index (χ1n) is 6.23. The number of carboxylic acids is 1. The molecule has 2 saturated carbocycles. The summed E-state index contributed by atoms with van der Waals surface area (Å²) in [5.74, 6) is 1.73. The largest absolute Gasteiger partial charge is 0.480 e. The van der Waals surface area contributed by atoms with Gasteiger partial charge in [-0.05, 0) is 44.1 Å². The number of carboxylic acid groups (broad SMARTS) is 1. The Morgan fingerprint density at radius 3 is 2.75 bits per heavy atom. The summed E-state index contributed by atoms with van der Waals surface area (Å²) in [6.45, 7) is 1.48. The zero-order valence-corrected chi connectivity index (χ0v) is 9.93. The van der Waals surface area contributed by atoms with Gasteiger partial charge in [-0.1, -0.05) is 6.42 Å². The number of fused-ring (bicyclic) bond motifs is 2. The molecule has 4 atom stereocenters. The van der Waals surface area contributed by atoms with Crippen LogP contribution in [-0.2, 0) is 4.79 Å². The van der Waals surface area contributed by atoms with Gasteiger partial charge in [-0.3, -0.25) is 4.79 Å². The Morgan fingerprint density at radius 2 is 2.25 bits per heavy atom. The van der Waals surface area contributed by atoms with Crippen molar-refractivity contribution < 1.29 is 9.90 Å². The highest BCUT2D eigenvalue weighted by molar-refractivity contribution is 5.73. The van der Waals surface area contributed by atoms with Gasteiger partial charge in [0.1, 0.15) is 6.04 Å². The zero-order valence-electron chi connectivity index (χ0n) is 9.93. The fourth-order valence-electron chi connectivity index (χ4n) is 3.49. The highest BCUT2D eigenvalue weighted by Gasteiger charge is 2.39. The van der Waals surface area contributed by atoms with E-state index in [1.165, 1.54) is 25.7 Å². The summed E-state index contributed by atoms with van der Waals surface area (Å²) in [5.41, 5.74) is 5.53. The molecule has 0 aromatic heterocycles. The quantitative estimate of drug-likeness (QED) is 0.726. The van der Waals surface area contributed by atoms with Crippen LogP contribution in [0.25, 0.3) is 0 Å². The Labute approximate surface area is 96.8 Å². The van der Waals surface area contributed by atoms with Crippen LogP contribution in [-0.4, -0.2) is 42.2 Å². The van der Waals surface area contributed by atoms with Crippen LogP contribution in [0.1, 0.15) is 25.7 Å². The first kappa shape index (κ1) is 11.9. The van der Waals surface area contributed by atoms with Gasteiger partial charge in [0.25, 0.3) is 0 Å². The second kappa shape index (κ2) is 4.72. The molecule has 2 bridgehead atoms. The predicted molar refractivity (Wildman–Crippen MR) is 62.0 cm³/mol. The molecule has 0 aliphatic heterocycles. The number of aliphatic carboxylic acids is 1. The van der Waals surface area contributed by atoms with Crippen LogP contribution >= 0.6 is 0 Å². The van der Waals surface area contributed by atoms with Gasteiger partial charge in [0.05, 0.1) is 0 Å². The summed E-state index contributed by atoms with van der Waals surface area (Å²) >= 11 is 0. The van der Waals surface area contributed by atoms with Crippen molar-refractivity contribution in [1.82, 2.24) is 4.90 Å². The fraction of sp³-hybridized carbons (Fsp3) is 0.917. The molecule has 2 aliphatic carbocycles. The lowest BCUT2D eigenvalue weighted by atomic mass is 9.88. The minimum Gasteiger partial charge on any atom is -0.480 e. The third-order valence-electron chi connectivity index (χ3n) is 4.26. The van der Waals surface area contributed by atoms with Crippen LogP contribution in [0, 0.1) is 17.8 Å². The molecule has 4 heteroatoms. The number of nitrogens with zero attached hydrogens (tertiary/aromatic N) is 1. The maximum Gasteiger partial charge on any atom is 0.321 e. The molecule has 2 aliphatic rings. The Bertz CT molecular complexity index is 270. The maximum atomic E-state index is 10.6. The third-order valence-corrected chi connectivity index (χ3v) is 4.26. The van der Waals surface area contributed by atoms with Gasteiger partial charge in [-0.2, -0.15) is 0 Å². The van der Waals surface area contributed by atoms with Crippen molar-refractivity contribution in [2.75, 3.05) is 20.1 Å². The molecule has 16 heavy (non-hydrogen) atoms. The van der Waals surface area contributed by atoms with Crippen molar-refractivity contribution in [3.05, 3.63) is 0 Å². The summed E-state index contributed by atoms with van der Waals surface area (Å²) < 4.78 is 0. The lowest BCUT2D eigenvalue weighted by molar-refractivity contribution is -0.138. The first-order valence-corrected chi connectivity index (χ1v) is 6.23. The number of likely N-dealkylation sites (N-methyl/N-ethyl adjacent to an activating group) is 1. The van der Waals surface area contributed by atoms with E-state index in [-0.39, 0.29) is 0 Å². The highest BCUT2D eigenvalue weighted by Crippen LogP contribution is 2.48. The number of hydrogen-bond donors (Lipinski definition) is 2. The number of hydrogen-bond acceptors (Lipinski definition) is 3. The van der Waals surface area contributed by atoms with Crippen LogP contribution in [0.15, 0.2) is 0 Å². The van der Waals surface area contributed by atoms with Gasteiger partial charge in [0, 0.05) is 13.1 Å². The fourth-order valence-corrected chi connectivity index (χ4v) is 3.49. The molecule has 0 aromatic carbocycles. The van der Waals surface area contributed by atoms with E-state index in [1.807, 2.05) is 7.05 Å². The average Bonchev–Trinajstić information content (AvgIpc) is 2.78. The topological polar surface area (TPSA) is 66.6 Å². The Balaban J connectivity index is 1.75. The van der Waals surface area contributed by atoms with E-state index in [0.717, 1.165) is 24.3 Å². The van der Waals surface area contributed by atoms with E-state index >= 15 is 0 Å². The maximum absolute atomic E-state index is 10.6. The van der Waals surface area contributed by atoms with Crippen LogP contribution < -0.4 is 5.73 Å². The minimum atomic E-state index is -0.903. The van der Waals surface area contributed by atoms with Crippen LogP contribution in [0.5, 0.6) is 0 Å². The lowest BCUT2D eigenvalue weighted by Gasteiger charge is -2.27. The predicted octanol–water partition coefficient (Wildman–Crippen LogP) is 0.766. The third kappa shape index (κ3) is 2.55. The minimum absolute atomic E-state index is 0.462. The molecule has 0 amide bonds. The molecule has 4 nitrogen and oxygen atoms in total. The van der Waals surface area contributed by atoms with Crippen LogP contribution in [0.2, 0.25) is 0 Å². The van der Waals surface area contributed by atoms with Gasteiger partial charge in [-0.15, -0.1) is 0 Å². The molecule has 0 spiro atoms. The molecule has 0 heterocycles. The molecule has 2 rings (SSSR count). The average molecular weight is 226 g/mol. The van der Waals surface area contributed by atoms with E-state index < -0.39 is 12.0 Å². The van der Waals surface area contributed by atoms with E-state index in [2.05, 4.69) is 4.90 Å². The second-order valence-electron chi connectivity index (χ2n) is 5.60. The van der Waals surface area contributed by atoms with Crippen LogP contribution in [0.3, 0.4) is 0 Å². The second-order valence-corrected chi connectivity index (χ2v) is 5.60. The van der Waals surface area contributed by atoms with Crippen LogP contribution in [0.4, 0.5) is 0 Å². The first-order chi connectivity index (χ1) is 7.56. The van der Waals surface area contributed by atoms with Gasteiger partial charge in [0.15, 0.2) is 0 Å². The van der Waals surface area contributed by atoms with Crippen molar-refractivity contribution in [3.63, 3.8) is 0 Å². The van der Waals surface area contributed by atoms with E-state index in [1.54, 1.807) is 0 Å². The van der Waals surface area contributed by atoms with E-state index in [9.17, 15) is 4.79 Å². The molecule has 4 unspecified atom stereocenters. The number of rotatable bonds is 5. The molecule has 0 radical (unpaired) electrons. The van der Waals surface area contributed by atoms with Gasteiger partial charge in [0.2, 0.25) is 0 Å². The monoisotopic (exact) mass is 226 g/mol. The molecular formula is C12H22N2O2. The highest BCUT2D eigenvalue weighted by atomic mass is 16.4. The van der Waals surface area contributed by atoms with Crippen molar-refractivity contribution in [3.8, 4) is 0 Å². The normalized spacial score (nSPS) is 34.6. The summed E-state index contributed by atoms with van der Waals surface area (Å²) in [4.78, 5) is 12.7. The lowest BCUT2D eigenvalue weighted by Crippen LogP contribution is -2.43. The summed E-state index contributed by atoms with van der Waals surface area (Å²) in [6.07, 6.45) is 5.55. The van der Waals surface area contributed by atoms with Gasteiger partial charge >= 0.3 is 5.97 Å². The number of nitrogens with two attached hydrogens (primary N) is 1. The Morgan fingerprint density at radius 1 is 1.50 bits per heavy atom. The van der Waals surface area contributed by atoms with Crippen molar-refractivity contribution in [2.45, 2.75) is 31.7 Å². The molecular weight excluding hydrogens is 204 g/mol. The smallest absolute Gasteiger partial charge is 0.321 e. The van der Waals surface area contributed by atoms with Crippen molar-refractivity contribution in [2.24, 2.45) is 23.5 Å². The summed E-state index contributed by atoms with van der Waals surface area (Å²) in [5, 5.41) is 8.75. The molecule has 3 N–H and O–H groups in total. The molecule has 0 aromatic rings. The summed E-state index contributed by atoms with van der Waals surface area (Å²) in [6, 6.07) is -0.747. The SMILES string of the molecule is CN(CC(N)C(=O)O)CC1CC2CCC1C2. The molecule has 0 saturated heterocycles. The number of carbonyl (C=O) groups is 1. The zero-order chi connectivity index (χ0) is 11.7. The molecule has 2 fully saturated rings. The van der Waals surface area contributed by atoms with E-state index in [4.69, 9.17) is 10.8 Å². The summed E-state index contributed by atoms with van der Waals surface area (Å²) in [7, 11) is 1.98. The Hall–Kier alpha value is -0.610.